The third-order valence-corrected chi connectivity index (χ3v) is 4.90. The highest BCUT2D eigenvalue weighted by Gasteiger charge is 2.15. The Balaban J connectivity index is 2.23. The highest BCUT2D eigenvalue weighted by atomic mass is 79.9. The molecule has 0 aliphatic carbocycles. The van der Waals surface area contributed by atoms with Gasteiger partial charge in [-0.05, 0) is 53.2 Å². The SMILES string of the molecule is CNC(Cc1cccc(F)c1Cl)c1ccc(Br)s1. The number of halogens is 3. The predicted molar refractivity (Wildman–Crippen MR) is 78.9 cm³/mol. The van der Waals surface area contributed by atoms with Crippen molar-refractivity contribution in [3.8, 4) is 0 Å². The van der Waals surface area contributed by atoms with E-state index in [1.807, 2.05) is 19.2 Å². The van der Waals surface area contributed by atoms with E-state index in [4.69, 9.17) is 11.6 Å². The first kappa shape index (κ1) is 14.0. The minimum absolute atomic E-state index is 0.139. The Morgan fingerprint density at radius 3 is 2.78 bits per heavy atom. The largest absolute Gasteiger partial charge is 0.312 e. The molecule has 1 aromatic heterocycles. The van der Waals surface area contributed by atoms with E-state index in [9.17, 15) is 4.39 Å². The van der Waals surface area contributed by atoms with Crippen molar-refractivity contribution in [2.45, 2.75) is 12.5 Å². The average molecular weight is 349 g/mol. The van der Waals surface area contributed by atoms with Crippen LogP contribution in [0.3, 0.4) is 0 Å². The van der Waals surface area contributed by atoms with Crippen LogP contribution >= 0.6 is 38.9 Å². The molecular formula is C13H12BrClFNS. The van der Waals surface area contributed by atoms with Crippen molar-refractivity contribution < 1.29 is 4.39 Å². The van der Waals surface area contributed by atoms with Crippen molar-refractivity contribution in [3.63, 3.8) is 0 Å². The first-order chi connectivity index (χ1) is 8.61. The zero-order chi connectivity index (χ0) is 13.1. The van der Waals surface area contributed by atoms with Gasteiger partial charge in [-0.3, -0.25) is 0 Å². The number of hydrogen-bond donors (Lipinski definition) is 1. The second kappa shape index (κ2) is 6.15. The zero-order valence-electron chi connectivity index (χ0n) is 9.71. The zero-order valence-corrected chi connectivity index (χ0v) is 12.9. The average Bonchev–Trinajstić information content (AvgIpc) is 2.78. The van der Waals surface area contributed by atoms with Gasteiger partial charge in [-0.1, -0.05) is 23.7 Å². The van der Waals surface area contributed by atoms with Gasteiger partial charge in [0.1, 0.15) is 5.82 Å². The summed E-state index contributed by atoms with van der Waals surface area (Å²) >= 11 is 11.1. The van der Waals surface area contributed by atoms with Crippen LogP contribution in [-0.4, -0.2) is 7.05 Å². The topological polar surface area (TPSA) is 12.0 Å². The Bertz CT molecular complexity index is 544. The fourth-order valence-electron chi connectivity index (χ4n) is 1.79. The molecule has 0 saturated carbocycles. The second-order valence-corrected chi connectivity index (χ2v) is 6.77. The molecule has 1 atom stereocenters. The monoisotopic (exact) mass is 347 g/mol. The highest BCUT2D eigenvalue weighted by molar-refractivity contribution is 9.11. The summed E-state index contributed by atoms with van der Waals surface area (Å²) in [6.07, 6.45) is 0.667. The molecule has 0 amide bonds. The molecule has 0 aliphatic rings. The summed E-state index contributed by atoms with van der Waals surface area (Å²) in [5.74, 6) is -0.364. The summed E-state index contributed by atoms with van der Waals surface area (Å²) in [5, 5.41) is 3.45. The minimum atomic E-state index is -0.364. The van der Waals surface area contributed by atoms with Crippen LogP contribution in [0, 0.1) is 5.82 Å². The number of rotatable bonds is 4. The quantitative estimate of drug-likeness (QED) is 0.836. The van der Waals surface area contributed by atoms with Crippen LogP contribution in [0.25, 0.3) is 0 Å². The van der Waals surface area contributed by atoms with Crippen LogP contribution in [0.2, 0.25) is 5.02 Å². The van der Waals surface area contributed by atoms with E-state index in [1.165, 1.54) is 10.9 Å². The maximum absolute atomic E-state index is 13.4. The first-order valence-electron chi connectivity index (χ1n) is 5.47. The number of likely N-dealkylation sites (N-methyl/N-ethyl adjacent to an activating group) is 1. The van der Waals surface area contributed by atoms with Crippen molar-refractivity contribution in [2.75, 3.05) is 7.05 Å². The summed E-state index contributed by atoms with van der Waals surface area (Å²) in [6.45, 7) is 0. The molecule has 2 aromatic rings. The van der Waals surface area contributed by atoms with Gasteiger partial charge in [-0.25, -0.2) is 4.39 Å². The summed E-state index contributed by atoms with van der Waals surface area (Å²) in [7, 11) is 1.89. The molecule has 1 aromatic carbocycles. The van der Waals surface area contributed by atoms with Crippen LogP contribution < -0.4 is 5.32 Å². The Hall–Kier alpha value is -0.420. The van der Waals surface area contributed by atoms with E-state index in [0.29, 0.717) is 6.42 Å². The van der Waals surface area contributed by atoms with Crippen LogP contribution in [0.4, 0.5) is 4.39 Å². The van der Waals surface area contributed by atoms with Crippen LogP contribution in [-0.2, 0) is 6.42 Å². The molecule has 0 bridgehead atoms. The normalized spacial score (nSPS) is 12.7. The Morgan fingerprint density at radius 1 is 1.39 bits per heavy atom. The van der Waals surface area contributed by atoms with Crippen molar-refractivity contribution >= 4 is 38.9 Å². The molecule has 0 aliphatic heterocycles. The van der Waals surface area contributed by atoms with E-state index >= 15 is 0 Å². The maximum Gasteiger partial charge on any atom is 0.142 e. The van der Waals surface area contributed by atoms with Gasteiger partial charge in [0.15, 0.2) is 0 Å². The standard InChI is InChI=1S/C13H12BrClFNS/c1-17-10(11-5-6-12(14)18-11)7-8-3-2-4-9(16)13(8)15/h2-6,10,17H,7H2,1H3. The first-order valence-corrected chi connectivity index (χ1v) is 7.46. The molecule has 2 rings (SSSR count). The molecule has 18 heavy (non-hydrogen) atoms. The molecule has 1 N–H and O–H groups in total. The molecule has 1 heterocycles. The summed E-state index contributed by atoms with van der Waals surface area (Å²) in [4.78, 5) is 1.20. The Labute approximate surface area is 123 Å². The van der Waals surface area contributed by atoms with Gasteiger partial charge in [0.25, 0.3) is 0 Å². The van der Waals surface area contributed by atoms with Crippen molar-refractivity contribution in [2.24, 2.45) is 0 Å². The van der Waals surface area contributed by atoms with E-state index in [-0.39, 0.29) is 16.9 Å². The van der Waals surface area contributed by atoms with Gasteiger partial charge >= 0.3 is 0 Å². The lowest BCUT2D eigenvalue weighted by Gasteiger charge is -2.15. The Kier molecular flexibility index (Phi) is 4.78. The maximum atomic E-state index is 13.4. The fourth-order valence-corrected chi connectivity index (χ4v) is 3.52. The van der Waals surface area contributed by atoms with Gasteiger partial charge in [-0.15, -0.1) is 11.3 Å². The summed E-state index contributed by atoms with van der Waals surface area (Å²) < 4.78 is 14.5. The second-order valence-electron chi connectivity index (χ2n) is 3.90. The lowest BCUT2D eigenvalue weighted by Crippen LogP contribution is -2.18. The van der Waals surface area contributed by atoms with Gasteiger partial charge < -0.3 is 5.32 Å². The van der Waals surface area contributed by atoms with E-state index < -0.39 is 0 Å². The molecule has 5 heteroatoms. The van der Waals surface area contributed by atoms with Gasteiger partial charge in [0.2, 0.25) is 0 Å². The van der Waals surface area contributed by atoms with Crippen LogP contribution in [0.1, 0.15) is 16.5 Å². The van der Waals surface area contributed by atoms with Gasteiger partial charge in [0, 0.05) is 10.9 Å². The number of thiophene rings is 1. The third-order valence-electron chi connectivity index (χ3n) is 2.74. The number of hydrogen-bond acceptors (Lipinski definition) is 2. The number of nitrogens with one attached hydrogen (secondary N) is 1. The molecule has 0 fully saturated rings. The lowest BCUT2D eigenvalue weighted by atomic mass is 10.0. The van der Waals surface area contributed by atoms with E-state index in [0.717, 1.165) is 9.35 Å². The summed E-state index contributed by atoms with van der Waals surface area (Å²) in [6, 6.07) is 9.13. The molecule has 1 nitrogen and oxygen atoms in total. The molecule has 1 unspecified atom stereocenters. The van der Waals surface area contributed by atoms with Crippen molar-refractivity contribution in [1.29, 1.82) is 0 Å². The number of benzene rings is 1. The molecule has 96 valence electrons. The highest BCUT2D eigenvalue weighted by Crippen LogP contribution is 2.31. The van der Waals surface area contributed by atoms with E-state index in [2.05, 4.69) is 27.3 Å². The minimum Gasteiger partial charge on any atom is -0.312 e. The van der Waals surface area contributed by atoms with Crippen molar-refractivity contribution in [3.05, 3.63) is 55.4 Å². The van der Waals surface area contributed by atoms with Crippen LogP contribution in [0.5, 0.6) is 0 Å². The van der Waals surface area contributed by atoms with Crippen molar-refractivity contribution in [1.82, 2.24) is 5.32 Å². The predicted octanol–water partition coefficient (Wildman–Crippen LogP) is 4.81. The van der Waals surface area contributed by atoms with Gasteiger partial charge in [0.05, 0.1) is 8.81 Å². The van der Waals surface area contributed by atoms with E-state index in [1.54, 1.807) is 17.4 Å². The van der Waals surface area contributed by atoms with Crippen LogP contribution in [0.15, 0.2) is 34.1 Å². The molecule has 0 saturated heterocycles. The summed E-state index contributed by atoms with van der Waals surface area (Å²) in [5.41, 5.74) is 0.820. The third kappa shape index (κ3) is 3.12. The molecule has 0 spiro atoms. The van der Waals surface area contributed by atoms with Gasteiger partial charge in [-0.2, -0.15) is 0 Å². The molecular weight excluding hydrogens is 337 g/mol. The molecule has 0 radical (unpaired) electrons. The lowest BCUT2D eigenvalue weighted by molar-refractivity contribution is 0.592. The smallest absolute Gasteiger partial charge is 0.142 e. The Morgan fingerprint density at radius 2 is 2.17 bits per heavy atom. The fraction of sp³-hybridized carbons (Fsp3) is 0.231.